The van der Waals surface area contributed by atoms with Crippen LogP contribution >= 0.6 is 7.82 Å². The molecule has 1 fully saturated rings. The molecular weight excluding hydrogens is 391 g/mol. The van der Waals surface area contributed by atoms with Gasteiger partial charge in [0.25, 0.3) is 0 Å². The van der Waals surface area contributed by atoms with Crippen molar-refractivity contribution in [2.24, 2.45) is 0 Å². The number of cyclic esters (lactones) is 1. The monoisotopic (exact) mass is 436 g/mol. The van der Waals surface area contributed by atoms with E-state index in [4.69, 9.17) is 14.5 Å². The molecule has 1 aliphatic heterocycles. The number of hydrogen-bond acceptors (Lipinski definition) is 4. The van der Waals surface area contributed by atoms with Gasteiger partial charge in [-0.15, -0.1) is 0 Å². The van der Waals surface area contributed by atoms with Crippen molar-refractivity contribution in [1.82, 2.24) is 0 Å². The molecule has 0 amide bonds. The first-order valence-electron chi connectivity index (χ1n) is 11.8. The average Bonchev–Trinajstić information content (AvgIpc) is 3.07. The lowest BCUT2D eigenvalue weighted by Crippen LogP contribution is -2.06. The number of ether oxygens (including phenoxy) is 1. The van der Waals surface area contributed by atoms with E-state index in [0.717, 1.165) is 12.8 Å². The molecule has 6 nitrogen and oxygen atoms in total. The predicted octanol–water partition coefficient (Wildman–Crippen LogP) is 6.68. The standard InChI is InChI=1S/C20H38O2.C2H7O4P/c1-2-3-4-5-6-7-8-9-10-11-12-13-14-15-16-19-17-18-20(21)22-19;1-2-6-7(3,4)5/h19H,2-18H2,1H3;2H2,1H3,(H2,3,4,5). The second kappa shape index (κ2) is 19.5. The Labute approximate surface area is 178 Å². The van der Waals surface area contributed by atoms with E-state index in [2.05, 4.69) is 11.4 Å². The summed E-state index contributed by atoms with van der Waals surface area (Å²) in [5.41, 5.74) is 0. The van der Waals surface area contributed by atoms with Gasteiger partial charge in [-0.3, -0.25) is 9.32 Å². The molecule has 0 saturated carbocycles. The van der Waals surface area contributed by atoms with Crippen molar-refractivity contribution in [3.8, 4) is 0 Å². The molecule has 0 spiro atoms. The third kappa shape index (κ3) is 22.1. The Morgan fingerprint density at radius 3 is 1.62 bits per heavy atom. The summed E-state index contributed by atoms with van der Waals surface area (Å²) in [4.78, 5) is 26.8. The van der Waals surface area contributed by atoms with E-state index >= 15 is 0 Å². The number of rotatable bonds is 17. The van der Waals surface area contributed by atoms with Crippen LogP contribution in [0.4, 0.5) is 0 Å². The molecule has 2 N–H and O–H groups in total. The molecule has 7 heteroatoms. The van der Waals surface area contributed by atoms with Crippen molar-refractivity contribution in [2.45, 2.75) is 129 Å². The van der Waals surface area contributed by atoms with Crippen LogP contribution in [0.25, 0.3) is 0 Å². The van der Waals surface area contributed by atoms with Crippen LogP contribution in [0.5, 0.6) is 0 Å². The van der Waals surface area contributed by atoms with Crippen LogP contribution in [0, 0.1) is 0 Å². The number of phosphoric ester groups is 1. The highest BCUT2D eigenvalue weighted by molar-refractivity contribution is 7.46. The molecule has 1 rings (SSSR count). The largest absolute Gasteiger partial charge is 0.469 e. The molecule has 1 saturated heterocycles. The smallest absolute Gasteiger partial charge is 0.462 e. The zero-order valence-electron chi connectivity index (χ0n) is 18.8. The summed E-state index contributed by atoms with van der Waals surface area (Å²) in [7, 11) is -4.17. The van der Waals surface area contributed by atoms with Crippen LogP contribution in [-0.4, -0.2) is 28.5 Å². The number of esters is 1. The molecular formula is C22H45O6P. The third-order valence-electron chi connectivity index (χ3n) is 5.15. The van der Waals surface area contributed by atoms with E-state index < -0.39 is 7.82 Å². The fraction of sp³-hybridized carbons (Fsp3) is 0.955. The van der Waals surface area contributed by atoms with Gasteiger partial charge >= 0.3 is 13.8 Å². The van der Waals surface area contributed by atoms with Crippen molar-refractivity contribution in [2.75, 3.05) is 6.61 Å². The normalized spacial score (nSPS) is 16.4. The maximum Gasteiger partial charge on any atom is 0.469 e. The Hall–Kier alpha value is -0.420. The van der Waals surface area contributed by atoms with Crippen molar-refractivity contribution in [3.63, 3.8) is 0 Å². The average molecular weight is 437 g/mol. The van der Waals surface area contributed by atoms with E-state index in [1.807, 2.05) is 0 Å². The first-order chi connectivity index (χ1) is 13.9. The van der Waals surface area contributed by atoms with E-state index in [-0.39, 0.29) is 18.7 Å². The van der Waals surface area contributed by atoms with Crippen molar-refractivity contribution < 1.29 is 28.4 Å². The van der Waals surface area contributed by atoms with Gasteiger partial charge in [-0.25, -0.2) is 4.57 Å². The number of carbonyl (C=O) groups is 1. The van der Waals surface area contributed by atoms with Crippen LogP contribution in [-0.2, 0) is 18.6 Å². The summed E-state index contributed by atoms with van der Waals surface area (Å²) >= 11 is 0. The molecule has 1 unspecified atom stereocenters. The molecule has 0 bridgehead atoms. The molecule has 0 radical (unpaired) electrons. The number of hydrogen-bond donors (Lipinski definition) is 2. The highest BCUT2D eigenvalue weighted by Crippen LogP contribution is 2.34. The van der Waals surface area contributed by atoms with Gasteiger partial charge in [-0.2, -0.15) is 0 Å². The highest BCUT2D eigenvalue weighted by atomic mass is 31.2. The van der Waals surface area contributed by atoms with Crippen LogP contribution in [0.3, 0.4) is 0 Å². The number of unbranched alkanes of at least 4 members (excludes halogenated alkanes) is 13. The first-order valence-corrected chi connectivity index (χ1v) is 13.3. The minimum atomic E-state index is -4.17. The summed E-state index contributed by atoms with van der Waals surface area (Å²) in [6, 6.07) is 0. The molecule has 29 heavy (non-hydrogen) atoms. The minimum Gasteiger partial charge on any atom is -0.462 e. The fourth-order valence-electron chi connectivity index (χ4n) is 3.52. The van der Waals surface area contributed by atoms with Gasteiger partial charge in [-0.1, -0.05) is 90.4 Å². The highest BCUT2D eigenvalue weighted by Gasteiger charge is 2.22. The lowest BCUT2D eigenvalue weighted by atomic mass is 10.0. The van der Waals surface area contributed by atoms with Crippen LogP contribution in [0.2, 0.25) is 0 Å². The second-order valence-electron chi connectivity index (χ2n) is 7.94. The summed E-state index contributed by atoms with van der Waals surface area (Å²) in [5.74, 6) is 0.00960. The van der Waals surface area contributed by atoms with Crippen molar-refractivity contribution in [1.29, 1.82) is 0 Å². The van der Waals surface area contributed by atoms with Crippen molar-refractivity contribution in [3.05, 3.63) is 0 Å². The van der Waals surface area contributed by atoms with Crippen molar-refractivity contribution >= 4 is 13.8 Å². The van der Waals surface area contributed by atoms with E-state index in [9.17, 15) is 9.36 Å². The Morgan fingerprint density at radius 2 is 1.31 bits per heavy atom. The fourth-order valence-corrected chi connectivity index (χ4v) is 3.86. The predicted molar refractivity (Wildman–Crippen MR) is 118 cm³/mol. The van der Waals surface area contributed by atoms with Crippen LogP contribution in [0.15, 0.2) is 0 Å². The van der Waals surface area contributed by atoms with Crippen LogP contribution < -0.4 is 0 Å². The Balaban J connectivity index is 0.000000956. The first kappa shape index (κ1) is 28.6. The van der Waals surface area contributed by atoms with E-state index in [1.54, 1.807) is 0 Å². The van der Waals surface area contributed by atoms with Gasteiger partial charge in [0.2, 0.25) is 0 Å². The number of carbonyl (C=O) groups excluding carboxylic acids is 1. The van der Waals surface area contributed by atoms with Crippen LogP contribution in [0.1, 0.15) is 123 Å². The molecule has 0 aromatic heterocycles. The van der Waals surface area contributed by atoms with E-state index in [1.165, 1.54) is 96.8 Å². The number of phosphoric acid groups is 1. The summed E-state index contributed by atoms with van der Waals surface area (Å²) in [6.07, 6.45) is 22.5. The molecule has 0 aliphatic carbocycles. The van der Waals surface area contributed by atoms with E-state index in [0.29, 0.717) is 6.42 Å². The van der Waals surface area contributed by atoms with Gasteiger partial charge in [0.15, 0.2) is 0 Å². The zero-order chi connectivity index (χ0) is 21.8. The quantitative estimate of drug-likeness (QED) is 0.150. The second-order valence-corrected chi connectivity index (χ2v) is 9.18. The zero-order valence-corrected chi connectivity index (χ0v) is 19.7. The molecule has 1 heterocycles. The maximum atomic E-state index is 11.0. The Kier molecular flexibility index (Phi) is 19.3. The van der Waals surface area contributed by atoms with Gasteiger partial charge in [0, 0.05) is 6.42 Å². The summed E-state index contributed by atoms with van der Waals surface area (Å²) in [5, 5.41) is 0. The van der Waals surface area contributed by atoms with Gasteiger partial charge in [0.1, 0.15) is 6.10 Å². The molecule has 0 aromatic carbocycles. The molecule has 174 valence electrons. The SMILES string of the molecule is CCCCCCCCCCCCCCCCC1CCC(=O)O1.CCOP(=O)(O)O. The summed E-state index contributed by atoms with van der Waals surface area (Å²) in [6.45, 7) is 3.84. The van der Waals surface area contributed by atoms with Gasteiger partial charge < -0.3 is 14.5 Å². The molecule has 1 atom stereocenters. The molecule has 0 aromatic rings. The Bertz CT molecular complexity index is 424. The minimum absolute atomic E-state index is 0.00960. The molecule has 1 aliphatic rings. The van der Waals surface area contributed by atoms with Gasteiger partial charge in [0.05, 0.1) is 6.61 Å². The lowest BCUT2D eigenvalue weighted by molar-refractivity contribution is -0.141. The Morgan fingerprint density at radius 1 is 0.862 bits per heavy atom. The van der Waals surface area contributed by atoms with Gasteiger partial charge in [-0.05, 0) is 26.2 Å². The summed E-state index contributed by atoms with van der Waals surface area (Å²) < 4.78 is 18.8. The lowest BCUT2D eigenvalue weighted by Gasteiger charge is -2.08. The maximum absolute atomic E-state index is 11.0. The topological polar surface area (TPSA) is 93.1 Å². The third-order valence-corrected chi connectivity index (χ3v) is 5.74.